The number of halogens is 2. The minimum atomic E-state index is -1.12. The van der Waals surface area contributed by atoms with Gasteiger partial charge in [0.25, 0.3) is 0 Å². The number of anilines is 1. The number of hydrogen-bond donors (Lipinski definition) is 3. The van der Waals surface area contributed by atoms with E-state index in [1.54, 1.807) is 13.8 Å². The van der Waals surface area contributed by atoms with E-state index in [-0.39, 0.29) is 11.6 Å². The maximum Gasteiger partial charge on any atom is 0.326 e. The highest BCUT2D eigenvalue weighted by atomic mass is 79.9. The molecule has 0 radical (unpaired) electrons. The fourth-order valence-electron chi connectivity index (χ4n) is 1.41. The number of carboxylic acid groups (broad SMARTS) is 1. The Labute approximate surface area is 118 Å². The van der Waals surface area contributed by atoms with E-state index in [0.717, 1.165) is 6.07 Å². The summed E-state index contributed by atoms with van der Waals surface area (Å²) in [5, 5.41) is 13.7. The van der Waals surface area contributed by atoms with Gasteiger partial charge >= 0.3 is 12.0 Å². The van der Waals surface area contributed by atoms with Gasteiger partial charge in [0.15, 0.2) is 0 Å². The first kappa shape index (κ1) is 15.4. The third kappa shape index (κ3) is 4.51. The van der Waals surface area contributed by atoms with Crippen LogP contribution in [0.5, 0.6) is 0 Å². The lowest BCUT2D eigenvalue weighted by molar-refractivity contribution is -0.140. The van der Waals surface area contributed by atoms with E-state index in [1.807, 2.05) is 0 Å². The number of benzene rings is 1. The summed E-state index contributed by atoms with van der Waals surface area (Å²) in [5.74, 6) is -1.89. The molecule has 0 aliphatic rings. The lowest BCUT2D eigenvalue weighted by Crippen LogP contribution is -2.46. The molecule has 19 heavy (non-hydrogen) atoms. The third-order valence-corrected chi connectivity index (χ3v) is 3.09. The first-order chi connectivity index (χ1) is 8.81. The number of carboxylic acids is 1. The lowest BCUT2D eigenvalue weighted by Gasteiger charge is -2.18. The van der Waals surface area contributed by atoms with E-state index in [1.165, 1.54) is 12.1 Å². The SMILES string of the molecule is CC(C)C(NC(=O)Nc1cc(F)ccc1Br)C(=O)O. The molecule has 0 bridgehead atoms. The summed E-state index contributed by atoms with van der Waals surface area (Å²) in [6, 6.07) is 2.11. The molecular formula is C12H14BrFN2O3. The Morgan fingerprint density at radius 1 is 1.37 bits per heavy atom. The van der Waals surface area contributed by atoms with Crippen LogP contribution in [0.4, 0.5) is 14.9 Å². The van der Waals surface area contributed by atoms with Crippen molar-refractivity contribution < 1.29 is 19.1 Å². The standard InChI is InChI=1S/C12H14BrFN2O3/c1-6(2)10(11(17)18)16-12(19)15-9-5-7(14)3-4-8(9)13/h3-6,10H,1-2H3,(H,17,18)(H2,15,16,19). The first-order valence-corrected chi connectivity index (χ1v) is 6.36. The predicted octanol–water partition coefficient (Wildman–Crippen LogP) is 2.82. The Balaban J connectivity index is 2.74. The summed E-state index contributed by atoms with van der Waals surface area (Å²) in [5.41, 5.74) is 0.227. The molecule has 0 saturated heterocycles. The molecule has 0 heterocycles. The number of nitrogens with one attached hydrogen (secondary N) is 2. The molecule has 1 rings (SSSR count). The second kappa shape index (κ2) is 6.51. The van der Waals surface area contributed by atoms with E-state index in [0.29, 0.717) is 4.47 Å². The average Bonchev–Trinajstić information content (AvgIpc) is 2.30. The quantitative estimate of drug-likeness (QED) is 0.793. The van der Waals surface area contributed by atoms with E-state index in [4.69, 9.17) is 5.11 Å². The Bertz CT molecular complexity index is 494. The maximum absolute atomic E-state index is 13.0. The first-order valence-electron chi connectivity index (χ1n) is 5.56. The molecule has 7 heteroatoms. The van der Waals surface area contributed by atoms with Gasteiger partial charge in [0, 0.05) is 4.47 Å². The summed E-state index contributed by atoms with van der Waals surface area (Å²) in [4.78, 5) is 22.6. The van der Waals surface area contributed by atoms with E-state index in [2.05, 4.69) is 26.6 Å². The van der Waals surface area contributed by atoms with E-state index in [9.17, 15) is 14.0 Å². The van der Waals surface area contributed by atoms with E-state index >= 15 is 0 Å². The fraction of sp³-hybridized carbons (Fsp3) is 0.333. The molecule has 0 aliphatic heterocycles. The Morgan fingerprint density at radius 2 is 2.00 bits per heavy atom. The molecule has 0 spiro atoms. The molecule has 1 unspecified atom stereocenters. The van der Waals surface area contributed by atoms with Crippen molar-refractivity contribution in [1.29, 1.82) is 0 Å². The predicted molar refractivity (Wildman–Crippen MR) is 72.5 cm³/mol. The lowest BCUT2D eigenvalue weighted by atomic mass is 10.1. The largest absolute Gasteiger partial charge is 0.480 e. The van der Waals surface area contributed by atoms with Gasteiger partial charge in [-0.2, -0.15) is 0 Å². The zero-order valence-electron chi connectivity index (χ0n) is 10.4. The summed E-state index contributed by atoms with van der Waals surface area (Å²) < 4.78 is 13.5. The van der Waals surface area contributed by atoms with Crippen LogP contribution in [0.25, 0.3) is 0 Å². The maximum atomic E-state index is 13.0. The number of carbonyl (C=O) groups is 2. The van der Waals surface area contributed by atoms with Gasteiger partial charge in [-0.1, -0.05) is 13.8 Å². The van der Waals surface area contributed by atoms with Gasteiger partial charge in [-0.3, -0.25) is 0 Å². The number of urea groups is 1. The number of aliphatic carboxylic acids is 1. The molecule has 3 N–H and O–H groups in total. The molecule has 1 aromatic carbocycles. The number of carbonyl (C=O) groups excluding carboxylic acids is 1. The minimum absolute atomic E-state index is 0.227. The molecule has 1 aromatic rings. The summed E-state index contributed by atoms with van der Waals surface area (Å²) in [7, 11) is 0. The van der Waals surface area contributed by atoms with Gasteiger partial charge in [0.1, 0.15) is 11.9 Å². The van der Waals surface area contributed by atoms with Crippen molar-refractivity contribution in [2.24, 2.45) is 5.92 Å². The second-order valence-electron chi connectivity index (χ2n) is 4.28. The molecular weight excluding hydrogens is 319 g/mol. The zero-order chi connectivity index (χ0) is 14.6. The highest BCUT2D eigenvalue weighted by molar-refractivity contribution is 9.10. The topological polar surface area (TPSA) is 78.4 Å². The van der Waals surface area contributed by atoms with Crippen LogP contribution in [0, 0.1) is 11.7 Å². The molecule has 0 saturated carbocycles. The molecule has 5 nitrogen and oxygen atoms in total. The smallest absolute Gasteiger partial charge is 0.326 e. The molecule has 104 valence electrons. The normalized spacial score (nSPS) is 12.1. The van der Waals surface area contributed by atoms with Crippen LogP contribution in [0.1, 0.15) is 13.8 Å². The van der Waals surface area contributed by atoms with Crippen LogP contribution >= 0.6 is 15.9 Å². The van der Waals surface area contributed by atoms with Gasteiger partial charge in [-0.05, 0) is 40.0 Å². The van der Waals surface area contributed by atoms with Crippen molar-refractivity contribution in [2.75, 3.05) is 5.32 Å². The molecule has 0 fully saturated rings. The van der Waals surface area contributed by atoms with Crippen molar-refractivity contribution in [3.63, 3.8) is 0 Å². The molecule has 0 aromatic heterocycles. The third-order valence-electron chi connectivity index (χ3n) is 2.40. The Hall–Kier alpha value is -1.63. The summed E-state index contributed by atoms with van der Waals surface area (Å²) in [6.07, 6.45) is 0. The number of rotatable bonds is 4. The Kier molecular flexibility index (Phi) is 5.29. The van der Waals surface area contributed by atoms with Crippen LogP contribution < -0.4 is 10.6 Å². The highest BCUT2D eigenvalue weighted by Crippen LogP contribution is 2.22. The second-order valence-corrected chi connectivity index (χ2v) is 5.14. The van der Waals surface area contributed by atoms with Crippen LogP contribution in [0.2, 0.25) is 0 Å². The monoisotopic (exact) mass is 332 g/mol. The summed E-state index contributed by atoms with van der Waals surface area (Å²) in [6.45, 7) is 3.36. The van der Waals surface area contributed by atoms with Gasteiger partial charge < -0.3 is 15.7 Å². The van der Waals surface area contributed by atoms with Gasteiger partial charge in [-0.15, -0.1) is 0 Å². The van der Waals surface area contributed by atoms with Crippen molar-refractivity contribution in [2.45, 2.75) is 19.9 Å². The van der Waals surface area contributed by atoms with Crippen molar-refractivity contribution in [3.8, 4) is 0 Å². The van der Waals surface area contributed by atoms with Gasteiger partial charge in [0.05, 0.1) is 5.69 Å². The van der Waals surface area contributed by atoms with Crippen LogP contribution in [0.15, 0.2) is 22.7 Å². The molecule has 0 aliphatic carbocycles. The fourth-order valence-corrected chi connectivity index (χ4v) is 1.75. The van der Waals surface area contributed by atoms with Crippen molar-refractivity contribution in [1.82, 2.24) is 5.32 Å². The van der Waals surface area contributed by atoms with Gasteiger partial charge in [-0.25, -0.2) is 14.0 Å². The Morgan fingerprint density at radius 3 is 2.53 bits per heavy atom. The van der Waals surface area contributed by atoms with E-state index < -0.39 is 23.9 Å². The molecule has 2 amide bonds. The van der Waals surface area contributed by atoms with Crippen LogP contribution in [-0.4, -0.2) is 23.1 Å². The van der Waals surface area contributed by atoms with Gasteiger partial charge in [0.2, 0.25) is 0 Å². The average molecular weight is 333 g/mol. The van der Waals surface area contributed by atoms with Crippen LogP contribution in [0.3, 0.4) is 0 Å². The van der Waals surface area contributed by atoms with Crippen LogP contribution in [-0.2, 0) is 4.79 Å². The minimum Gasteiger partial charge on any atom is -0.480 e. The molecule has 1 atom stereocenters. The highest BCUT2D eigenvalue weighted by Gasteiger charge is 2.23. The zero-order valence-corrected chi connectivity index (χ0v) is 12.0. The number of amides is 2. The summed E-state index contributed by atoms with van der Waals surface area (Å²) >= 11 is 3.16. The van der Waals surface area contributed by atoms with Crippen molar-refractivity contribution in [3.05, 3.63) is 28.5 Å². The van der Waals surface area contributed by atoms with Crippen molar-refractivity contribution >= 4 is 33.6 Å². The number of hydrogen-bond acceptors (Lipinski definition) is 2.